The molecule has 52 valence electrons. The van der Waals surface area contributed by atoms with Crippen molar-refractivity contribution in [2.75, 3.05) is 0 Å². The molecule has 0 aromatic carbocycles. The SMILES string of the molecule is C1CC2CCC12.O=CO. The van der Waals surface area contributed by atoms with E-state index >= 15 is 0 Å². The van der Waals surface area contributed by atoms with Crippen LogP contribution < -0.4 is 0 Å². The first-order chi connectivity index (χ1) is 4.38. The van der Waals surface area contributed by atoms with E-state index < -0.39 is 0 Å². The van der Waals surface area contributed by atoms with Crippen LogP contribution in [0.5, 0.6) is 0 Å². The third-order valence-corrected chi connectivity index (χ3v) is 2.48. The molecule has 0 spiro atoms. The lowest BCUT2D eigenvalue weighted by Gasteiger charge is -2.46. The maximum Gasteiger partial charge on any atom is 0.290 e. The lowest BCUT2D eigenvalue weighted by Crippen LogP contribution is -2.34. The Hall–Kier alpha value is -0.530. The summed E-state index contributed by atoms with van der Waals surface area (Å²) in [4.78, 5) is 8.36. The van der Waals surface area contributed by atoms with Gasteiger partial charge in [0.25, 0.3) is 6.47 Å². The highest BCUT2D eigenvalue weighted by Crippen LogP contribution is 2.49. The largest absolute Gasteiger partial charge is 0.483 e. The minimum atomic E-state index is -0.250. The molecule has 0 aromatic rings. The highest BCUT2D eigenvalue weighted by molar-refractivity contribution is 5.32. The van der Waals surface area contributed by atoms with Gasteiger partial charge < -0.3 is 5.11 Å². The van der Waals surface area contributed by atoms with E-state index in [2.05, 4.69) is 0 Å². The van der Waals surface area contributed by atoms with Crippen molar-refractivity contribution in [3.63, 3.8) is 0 Å². The van der Waals surface area contributed by atoms with E-state index in [-0.39, 0.29) is 6.47 Å². The molecule has 0 atom stereocenters. The van der Waals surface area contributed by atoms with Crippen LogP contribution in [0.2, 0.25) is 0 Å². The lowest BCUT2D eigenvalue weighted by molar-refractivity contribution is -0.122. The Morgan fingerprint density at radius 2 is 1.33 bits per heavy atom. The zero-order valence-corrected chi connectivity index (χ0v) is 5.42. The molecule has 2 aliphatic carbocycles. The van der Waals surface area contributed by atoms with Gasteiger partial charge in [0.1, 0.15) is 0 Å². The third-order valence-electron chi connectivity index (χ3n) is 2.48. The van der Waals surface area contributed by atoms with Crippen LogP contribution in [0.3, 0.4) is 0 Å². The monoisotopic (exact) mass is 128 g/mol. The predicted octanol–water partition coefficient (Wildman–Crippen LogP) is 1.51. The van der Waals surface area contributed by atoms with Crippen LogP contribution in [0.25, 0.3) is 0 Å². The normalized spacial score (nSPS) is 36.0. The number of hydrogen-bond donors (Lipinski definition) is 1. The number of carbonyl (C=O) groups is 1. The molecule has 0 radical (unpaired) electrons. The number of rotatable bonds is 0. The molecule has 0 aliphatic heterocycles. The maximum absolute atomic E-state index is 8.36. The van der Waals surface area contributed by atoms with E-state index in [1.807, 2.05) is 0 Å². The average molecular weight is 128 g/mol. The zero-order valence-electron chi connectivity index (χ0n) is 5.42. The van der Waals surface area contributed by atoms with Crippen molar-refractivity contribution in [3.8, 4) is 0 Å². The van der Waals surface area contributed by atoms with Crippen molar-refractivity contribution in [3.05, 3.63) is 0 Å². The first-order valence-corrected chi connectivity index (χ1v) is 3.46. The molecule has 2 heteroatoms. The molecule has 0 saturated heterocycles. The molecular formula is C7H12O2. The van der Waals surface area contributed by atoms with Gasteiger partial charge in [-0.05, 0) is 37.5 Å². The van der Waals surface area contributed by atoms with E-state index in [1.54, 1.807) is 25.7 Å². The van der Waals surface area contributed by atoms with Gasteiger partial charge in [-0.25, -0.2) is 0 Å². The minimum absolute atomic E-state index is 0.250. The molecule has 0 amide bonds. The van der Waals surface area contributed by atoms with Gasteiger partial charge in [0.2, 0.25) is 0 Å². The van der Waals surface area contributed by atoms with Gasteiger partial charge in [0.15, 0.2) is 0 Å². The standard InChI is InChI=1S/C6H10.CH2O2/c1-2-6-4-3-5(1)6;2-1-3/h5-6H,1-4H2;1H,(H,2,3). The van der Waals surface area contributed by atoms with E-state index in [4.69, 9.17) is 9.90 Å². The summed E-state index contributed by atoms with van der Waals surface area (Å²) in [6, 6.07) is 0. The summed E-state index contributed by atoms with van der Waals surface area (Å²) in [7, 11) is 0. The minimum Gasteiger partial charge on any atom is -0.483 e. The van der Waals surface area contributed by atoms with Crippen LogP contribution in [0.4, 0.5) is 0 Å². The van der Waals surface area contributed by atoms with Crippen molar-refractivity contribution >= 4 is 6.47 Å². The Bertz CT molecular complexity index is 83.1. The van der Waals surface area contributed by atoms with Gasteiger partial charge in [-0.1, -0.05) is 0 Å². The lowest BCUT2D eigenvalue weighted by atomic mass is 9.60. The van der Waals surface area contributed by atoms with Gasteiger partial charge in [-0.3, -0.25) is 4.79 Å². The van der Waals surface area contributed by atoms with Gasteiger partial charge in [-0.2, -0.15) is 0 Å². The Morgan fingerprint density at radius 1 is 1.11 bits per heavy atom. The molecule has 2 saturated carbocycles. The fourth-order valence-corrected chi connectivity index (χ4v) is 1.56. The molecule has 2 rings (SSSR count). The van der Waals surface area contributed by atoms with Gasteiger partial charge >= 0.3 is 0 Å². The van der Waals surface area contributed by atoms with E-state index in [0.29, 0.717) is 0 Å². The van der Waals surface area contributed by atoms with Gasteiger partial charge in [0.05, 0.1) is 0 Å². The van der Waals surface area contributed by atoms with Crippen LogP contribution in [0, 0.1) is 11.8 Å². The molecule has 0 bridgehead atoms. The highest BCUT2D eigenvalue weighted by atomic mass is 16.3. The molecule has 2 fully saturated rings. The fourth-order valence-electron chi connectivity index (χ4n) is 1.56. The predicted molar refractivity (Wildman–Crippen MR) is 34.1 cm³/mol. The molecule has 0 aromatic heterocycles. The fraction of sp³-hybridized carbons (Fsp3) is 0.857. The van der Waals surface area contributed by atoms with Crippen molar-refractivity contribution < 1.29 is 9.90 Å². The molecule has 2 nitrogen and oxygen atoms in total. The van der Waals surface area contributed by atoms with Crippen LogP contribution in [0.15, 0.2) is 0 Å². The summed E-state index contributed by atoms with van der Waals surface area (Å²) < 4.78 is 0. The zero-order chi connectivity index (χ0) is 6.69. The first-order valence-electron chi connectivity index (χ1n) is 3.46. The molecule has 0 heterocycles. The number of carboxylic acid groups (broad SMARTS) is 1. The summed E-state index contributed by atoms with van der Waals surface area (Å²) >= 11 is 0. The molecular weight excluding hydrogens is 116 g/mol. The highest BCUT2D eigenvalue weighted by Gasteiger charge is 2.37. The number of fused-ring (bicyclic) bond motifs is 1. The second-order valence-corrected chi connectivity index (χ2v) is 2.78. The summed E-state index contributed by atoms with van der Waals surface area (Å²) in [6.45, 7) is -0.250. The average Bonchev–Trinajstić information content (AvgIpc) is 1.81. The molecule has 0 unspecified atom stereocenters. The van der Waals surface area contributed by atoms with Crippen molar-refractivity contribution in [2.45, 2.75) is 25.7 Å². The van der Waals surface area contributed by atoms with Crippen LogP contribution in [-0.2, 0) is 4.79 Å². The van der Waals surface area contributed by atoms with Crippen molar-refractivity contribution in [2.24, 2.45) is 11.8 Å². The van der Waals surface area contributed by atoms with Crippen LogP contribution >= 0.6 is 0 Å². The molecule has 1 N–H and O–H groups in total. The van der Waals surface area contributed by atoms with Crippen LogP contribution in [0.1, 0.15) is 25.7 Å². The summed E-state index contributed by atoms with van der Waals surface area (Å²) in [5, 5.41) is 6.89. The first kappa shape index (κ1) is 6.59. The Morgan fingerprint density at radius 3 is 1.33 bits per heavy atom. The quantitative estimate of drug-likeness (QED) is 0.502. The smallest absolute Gasteiger partial charge is 0.290 e. The third kappa shape index (κ3) is 1.23. The van der Waals surface area contributed by atoms with Gasteiger partial charge in [0, 0.05) is 0 Å². The summed E-state index contributed by atoms with van der Waals surface area (Å²) in [5.74, 6) is 2.43. The summed E-state index contributed by atoms with van der Waals surface area (Å²) in [6.07, 6.45) is 6.24. The molecule has 9 heavy (non-hydrogen) atoms. The van der Waals surface area contributed by atoms with Crippen LogP contribution in [-0.4, -0.2) is 11.6 Å². The Balaban J connectivity index is 0.000000120. The molecule has 2 aliphatic rings. The second-order valence-electron chi connectivity index (χ2n) is 2.78. The number of hydrogen-bond acceptors (Lipinski definition) is 1. The maximum atomic E-state index is 8.36. The Labute approximate surface area is 54.9 Å². The van der Waals surface area contributed by atoms with E-state index in [0.717, 1.165) is 0 Å². The van der Waals surface area contributed by atoms with Gasteiger partial charge in [-0.15, -0.1) is 0 Å². The second kappa shape index (κ2) is 2.85. The Kier molecular flexibility index (Phi) is 2.09. The topological polar surface area (TPSA) is 37.3 Å². The van der Waals surface area contributed by atoms with E-state index in [1.165, 1.54) is 11.8 Å². The summed E-state index contributed by atoms with van der Waals surface area (Å²) in [5.41, 5.74) is 0. The van der Waals surface area contributed by atoms with Crippen molar-refractivity contribution in [1.82, 2.24) is 0 Å². The van der Waals surface area contributed by atoms with Crippen molar-refractivity contribution in [1.29, 1.82) is 0 Å². The van der Waals surface area contributed by atoms with E-state index in [9.17, 15) is 0 Å².